The summed E-state index contributed by atoms with van der Waals surface area (Å²) in [5, 5.41) is 3.74. The van der Waals surface area contributed by atoms with Gasteiger partial charge in [-0.25, -0.2) is 4.98 Å². The highest BCUT2D eigenvalue weighted by Gasteiger charge is 2.25. The number of pyridine rings is 1. The number of aromatic nitrogens is 1. The summed E-state index contributed by atoms with van der Waals surface area (Å²) < 4.78 is 0. The van der Waals surface area contributed by atoms with Crippen molar-refractivity contribution in [3.63, 3.8) is 0 Å². The zero-order valence-corrected chi connectivity index (χ0v) is 10.6. The fourth-order valence-corrected chi connectivity index (χ4v) is 2.31. The first kappa shape index (κ1) is 12.5. The average Bonchev–Trinajstić information content (AvgIpc) is 2.29. The summed E-state index contributed by atoms with van der Waals surface area (Å²) in [6.45, 7) is 4.92. The highest BCUT2D eigenvalue weighted by Crippen LogP contribution is 2.13. The van der Waals surface area contributed by atoms with E-state index < -0.39 is 0 Å². The van der Waals surface area contributed by atoms with Gasteiger partial charge >= 0.3 is 0 Å². The third-order valence-electron chi connectivity index (χ3n) is 3.00. The maximum absolute atomic E-state index is 11.5. The minimum atomic E-state index is -0.0318. The van der Waals surface area contributed by atoms with Gasteiger partial charge in [-0.05, 0) is 24.6 Å². The number of ketones is 1. The Morgan fingerprint density at radius 2 is 2.53 bits per heavy atom. The molecule has 1 unspecified atom stereocenters. The van der Waals surface area contributed by atoms with E-state index in [-0.39, 0.29) is 11.8 Å². The normalized spacial score (nSPS) is 21.4. The van der Waals surface area contributed by atoms with E-state index in [4.69, 9.17) is 11.6 Å². The Morgan fingerprint density at radius 3 is 3.24 bits per heavy atom. The molecule has 2 rings (SSSR count). The van der Waals surface area contributed by atoms with Crippen LogP contribution in [0.15, 0.2) is 18.3 Å². The predicted octanol–water partition coefficient (Wildman–Crippen LogP) is 1.10. The summed E-state index contributed by atoms with van der Waals surface area (Å²) in [7, 11) is 0. The van der Waals surface area contributed by atoms with Crippen LogP contribution in [0.5, 0.6) is 0 Å². The van der Waals surface area contributed by atoms with Gasteiger partial charge in [-0.15, -0.1) is 0 Å². The molecule has 0 bridgehead atoms. The maximum Gasteiger partial charge on any atom is 0.148 e. The van der Waals surface area contributed by atoms with Gasteiger partial charge in [-0.2, -0.15) is 0 Å². The lowest BCUT2D eigenvalue weighted by molar-refractivity contribution is -0.122. The van der Waals surface area contributed by atoms with Crippen LogP contribution in [0.2, 0.25) is 5.15 Å². The summed E-state index contributed by atoms with van der Waals surface area (Å²) in [4.78, 5) is 17.7. The van der Waals surface area contributed by atoms with E-state index in [1.165, 1.54) is 0 Å². The molecule has 1 N–H and O–H groups in total. The number of hydrogen-bond acceptors (Lipinski definition) is 4. The molecule has 2 heterocycles. The van der Waals surface area contributed by atoms with Crippen LogP contribution < -0.4 is 5.32 Å². The molecule has 0 radical (unpaired) electrons. The van der Waals surface area contributed by atoms with Crippen LogP contribution >= 0.6 is 11.6 Å². The molecule has 1 aliphatic rings. The molecule has 17 heavy (non-hydrogen) atoms. The van der Waals surface area contributed by atoms with Crippen molar-refractivity contribution in [1.82, 2.24) is 15.2 Å². The Labute approximate surface area is 106 Å². The average molecular weight is 254 g/mol. The van der Waals surface area contributed by atoms with Crippen molar-refractivity contribution < 1.29 is 4.79 Å². The van der Waals surface area contributed by atoms with Gasteiger partial charge in [0, 0.05) is 32.4 Å². The highest BCUT2D eigenvalue weighted by atomic mass is 35.5. The number of nitrogens with zero attached hydrogens (tertiary/aromatic N) is 2. The summed E-state index contributed by atoms with van der Waals surface area (Å²) in [6, 6.07) is 3.75. The molecule has 0 aliphatic carbocycles. The van der Waals surface area contributed by atoms with E-state index in [2.05, 4.69) is 15.2 Å². The first-order chi connectivity index (χ1) is 8.16. The van der Waals surface area contributed by atoms with Crippen molar-refractivity contribution in [3.8, 4) is 0 Å². The van der Waals surface area contributed by atoms with Crippen molar-refractivity contribution in [2.45, 2.75) is 19.5 Å². The Morgan fingerprint density at radius 1 is 1.71 bits per heavy atom. The molecule has 1 saturated heterocycles. The minimum absolute atomic E-state index is 0.0318. The molecule has 1 aliphatic heterocycles. The molecule has 0 saturated carbocycles. The first-order valence-electron chi connectivity index (χ1n) is 5.72. The van der Waals surface area contributed by atoms with Gasteiger partial charge in [-0.1, -0.05) is 11.6 Å². The third kappa shape index (κ3) is 3.25. The lowest BCUT2D eigenvalue weighted by atomic mass is 10.1. The largest absolute Gasteiger partial charge is 0.313 e. The summed E-state index contributed by atoms with van der Waals surface area (Å²) >= 11 is 5.85. The third-order valence-corrected chi connectivity index (χ3v) is 3.21. The Hall–Kier alpha value is -0.970. The van der Waals surface area contributed by atoms with Crippen LogP contribution in [-0.4, -0.2) is 41.3 Å². The number of rotatable bonds is 3. The molecule has 4 nitrogen and oxygen atoms in total. The Bertz CT molecular complexity index is 410. The predicted molar refractivity (Wildman–Crippen MR) is 67.0 cm³/mol. The van der Waals surface area contributed by atoms with Gasteiger partial charge in [0.05, 0.1) is 6.04 Å². The van der Waals surface area contributed by atoms with Gasteiger partial charge in [0.2, 0.25) is 0 Å². The zero-order chi connectivity index (χ0) is 12.3. The molecular formula is C12H16ClN3O. The van der Waals surface area contributed by atoms with Crippen molar-refractivity contribution in [2.24, 2.45) is 0 Å². The van der Waals surface area contributed by atoms with Crippen molar-refractivity contribution in [3.05, 3.63) is 29.0 Å². The second kappa shape index (κ2) is 5.58. The lowest BCUT2D eigenvalue weighted by Gasteiger charge is -2.34. The lowest BCUT2D eigenvalue weighted by Crippen LogP contribution is -2.53. The van der Waals surface area contributed by atoms with E-state index >= 15 is 0 Å². The van der Waals surface area contributed by atoms with Crippen LogP contribution in [0.4, 0.5) is 0 Å². The van der Waals surface area contributed by atoms with Gasteiger partial charge in [0.1, 0.15) is 10.9 Å². The quantitative estimate of drug-likeness (QED) is 0.820. The van der Waals surface area contributed by atoms with Gasteiger partial charge in [0.15, 0.2) is 0 Å². The van der Waals surface area contributed by atoms with E-state index in [1.807, 2.05) is 12.1 Å². The second-order valence-corrected chi connectivity index (χ2v) is 4.68. The highest BCUT2D eigenvalue weighted by molar-refractivity contribution is 6.29. The number of carbonyl (C=O) groups excluding carboxylic acids is 1. The molecule has 1 fully saturated rings. The smallest absolute Gasteiger partial charge is 0.148 e. The maximum atomic E-state index is 11.5. The van der Waals surface area contributed by atoms with E-state index in [1.54, 1.807) is 13.1 Å². The first-order valence-corrected chi connectivity index (χ1v) is 6.10. The number of carbonyl (C=O) groups is 1. The number of Topliss-reactive ketones (excluding diaryl/α,β-unsaturated/α-hetero) is 1. The Kier molecular flexibility index (Phi) is 4.10. The number of hydrogen-bond donors (Lipinski definition) is 1. The van der Waals surface area contributed by atoms with Gasteiger partial charge in [-0.3, -0.25) is 9.69 Å². The van der Waals surface area contributed by atoms with E-state index in [0.717, 1.165) is 31.7 Å². The molecular weight excluding hydrogens is 238 g/mol. The van der Waals surface area contributed by atoms with Crippen molar-refractivity contribution >= 4 is 17.4 Å². The van der Waals surface area contributed by atoms with Gasteiger partial charge < -0.3 is 5.32 Å². The van der Waals surface area contributed by atoms with E-state index in [9.17, 15) is 4.79 Å². The molecule has 92 valence electrons. The monoisotopic (exact) mass is 253 g/mol. The molecule has 1 atom stereocenters. The SMILES string of the molecule is CC(=O)C1CNCCN1Cc1ccnc(Cl)c1. The summed E-state index contributed by atoms with van der Waals surface area (Å²) in [5.74, 6) is 0.206. The molecule has 1 aromatic heterocycles. The van der Waals surface area contributed by atoms with Crippen LogP contribution in [0.25, 0.3) is 0 Å². The molecule has 1 aromatic rings. The number of nitrogens with one attached hydrogen (secondary N) is 1. The minimum Gasteiger partial charge on any atom is -0.313 e. The number of halogens is 1. The van der Waals surface area contributed by atoms with Crippen molar-refractivity contribution in [1.29, 1.82) is 0 Å². The van der Waals surface area contributed by atoms with Crippen LogP contribution in [0, 0.1) is 0 Å². The topological polar surface area (TPSA) is 45.2 Å². The van der Waals surface area contributed by atoms with Crippen LogP contribution in [-0.2, 0) is 11.3 Å². The number of piperazine rings is 1. The Balaban J connectivity index is 2.08. The van der Waals surface area contributed by atoms with Gasteiger partial charge in [0.25, 0.3) is 0 Å². The van der Waals surface area contributed by atoms with E-state index in [0.29, 0.717) is 5.15 Å². The fourth-order valence-electron chi connectivity index (χ4n) is 2.11. The zero-order valence-electron chi connectivity index (χ0n) is 9.82. The van der Waals surface area contributed by atoms with Crippen molar-refractivity contribution in [2.75, 3.05) is 19.6 Å². The standard InChI is InChI=1S/C12H16ClN3O/c1-9(17)11-7-14-4-5-16(11)8-10-2-3-15-12(13)6-10/h2-3,6,11,14H,4-5,7-8H2,1H3. The molecule has 0 aromatic carbocycles. The fraction of sp³-hybridized carbons (Fsp3) is 0.500. The summed E-state index contributed by atoms with van der Waals surface area (Å²) in [5.41, 5.74) is 1.10. The molecule has 0 amide bonds. The molecule has 5 heteroatoms. The molecule has 0 spiro atoms. The summed E-state index contributed by atoms with van der Waals surface area (Å²) in [6.07, 6.45) is 1.70. The van der Waals surface area contributed by atoms with Crippen LogP contribution in [0.3, 0.4) is 0 Å². The van der Waals surface area contributed by atoms with Crippen LogP contribution in [0.1, 0.15) is 12.5 Å². The second-order valence-electron chi connectivity index (χ2n) is 4.29.